The average molecular weight is 302 g/mol. The van der Waals surface area contributed by atoms with Crippen LogP contribution in [0.5, 0.6) is 0 Å². The van der Waals surface area contributed by atoms with E-state index < -0.39 is 0 Å². The molecule has 0 aliphatic heterocycles. The minimum Gasteiger partial charge on any atom is -0.379 e. The molecule has 0 radical (unpaired) electrons. The lowest BCUT2D eigenvalue weighted by molar-refractivity contribution is 0.0757. The summed E-state index contributed by atoms with van der Waals surface area (Å²) >= 11 is 0. The number of carbonyl (C=O) groups is 1. The Kier molecular flexibility index (Phi) is 5.33. The molecule has 118 valence electrons. The second-order valence-corrected chi connectivity index (χ2v) is 5.53. The molecule has 1 amide bonds. The minimum atomic E-state index is -0.337. The Bertz CT molecular complexity index is 719. The summed E-state index contributed by atoms with van der Waals surface area (Å²) in [4.78, 5) is 24.6. The van der Waals surface area contributed by atoms with Crippen LogP contribution < -0.4 is 10.7 Å². The van der Waals surface area contributed by atoms with Crippen LogP contribution in [0.15, 0.2) is 35.3 Å². The number of aromatic nitrogens is 1. The van der Waals surface area contributed by atoms with Crippen molar-refractivity contribution in [3.05, 3.63) is 46.2 Å². The smallest absolute Gasteiger partial charge is 0.256 e. The van der Waals surface area contributed by atoms with Crippen molar-refractivity contribution in [3.8, 4) is 0 Å². The van der Waals surface area contributed by atoms with Gasteiger partial charge in [-0.05, 0) is 32.4 Å². The van der Waals surface area contributed by atoms with E-state index in [0.717, 1.165) is 11.9 Å². The largest absolute Gasteiger partial charge is 0.379 e. The third-order valence-corrected chi connectivity index (χ3v) is 3.40. The second-order valence-electron chi connectivity index (χ2n) is 5.53. The van der Waals surface area contributed by atoms with Crippen molar-refractivity contribution >= 4 is 16.8 Å². The van der Waals surface area contributed by atoms with Gasteiger partial charge in [0.25, 0.3) is 5.91 Å². The average Bonchev–Trinajstić information content (AvgIpc) is 2.50. The molecule has 2 rings (SSSR count). The maximum absolute atomic E-state index is 12.4. The number of rotatable bonds is 6. The first-order valence-corrected chi connectivity index (χ1v) is 7.49. The molecule has 0 atom stereocenters. The van der Waals surface area contributed by atoms with E-state index in [4.69, 9.17) is 4.74 Å². The molecule has 0 unspecified atom stereocenters. The number of nitrogens with zero attached hydrogens (tertiary/aromatic N) is 1. The van der Waals surface area contributed by atoms with Crippen molar-refractivity contribution in [2.45, 2.75) is 26.4 Å². The molecule has 1 aromatic heterocycles. The molecule has 0 aliphatic rings. The molecule has 0 bridgehead atoms. The number of ether oxygens (including phenoxy) is 1. The van der Waals surface area contributed by atoms with Crippen LogP contribution in [0.1, 0.15) is 30.6 Å². The molecule has 0 aliphatic carbocycles. The number of carbonyl (C=O) groups excluding carboxylic acids is 1. The lowest BCUT2D eigenvalue weighted by Crippen LogP contribution is -2.31. The lowest BCUT2D eigenvalue weighted by atomic mass is 10.1. The SMILES string of the molecule is CC(C)OCCCNC(=O)c1cn(C)c2ccccc2c1=O. The van der Waals surface area contributed by atoms with Crippen molar-refractivity contribution in [1.29, 1.82) is 0 Å². The first-order valence-electron chi connectivity index (χ1n) is 7.49. The summed E-state index contributed by atoms with van der Waals surface area (Å²) in [6.07, 6.45) is 2.49. The fourth-order valence-electron chi connectivity index (χ4n) is 2.29. The Morgan fingerprint density at radius 2 is 2.05 bits per heavy atom. The van der Waals surface area contributed by atoms with Crippen LogP contribution in [0.3, 0.4) is 0 Å². The van der Waals surface area contributed by atoms with E-state index in [1.165, 1.54) is 0 Å². The van der Waals surface area contributed by atoms with E-state index in [9.17, 15) is 9.59 Å². The normalized spacial score (nSPS) is 11.1. The van der Waals surface area contributed by atoms with Crippen LogP contribution in [-0.4, -0.2) is 29.7 Å². The summed E-state index contributed by atoms with van der Waals surface area (Å²) in [5, 5.41) is 3.33. The summed E-state index contributed by atoms with van der Waals surface area (Å²) < 4.78 is 7.21. The molecule has 2 aromatic rings. The quantitative estimate of drug-likeness (QED) is 0.831. The van der Waals surface area contributed by atoms with Gasteiger partial charge in [-0.25, -0.2) is 0 Å². The third kappa shape index (κ3) is 3.74. The van der Waals surface area contributed by atoms with E-state index in [-0.39, 0.29) is 23.0 Å². The van der Waals surface area contributed by atoms with Crippen molar-refractivity contribution in [3.63, 3.8) is 0 Å². The molecule has 22 heavy (non-hydrogen) atoms. The second kappa shape index (κ2) is 7.22. The summed E-state index contributed by atoms with van der Waals surface area (Å²) in [7, 11) is 1.83. The first kappa shape index (κ1) is 16.2. The van der Waals surface area contributed by atoms with E-state index in [2.05, 4.69) is 5.32 Å². The van der Waals surface area contributed by atoms with Gasteiger partial charge in [-0.3, -0.25) is 9.59 Å². The van der Waals surface area contributed by atoms with E-state index >= 15 is 0 Å². The molecular weight excluding hydrogens is 280 g/mol. The Morgan fingerprint density at radius 3 is 2.77 bits per heavy atom. The number of benzene rings is 1. The number of nitrogens with one attached hydrogen (secondary N) is 1. The van der Waals surface area contributed by atoms with Gasteiger partial charge < -0.3 is 14.6 Å². The zero-order chi connectivity index (χ0) is 16.1. The molecule has 0 fully saturated rings. The summed E-state index contributed by atoms with van der Waals surface area (Å²) in [6, 6.07) is 7.28. The molecule has 0 saturated heterocycles. The maximum atomic E-state index is 12.4. The maximum Gasteiger partial charge on any atom is 0.256 e. The standard InChI is InChI=1S/C17H22N2O3/c1-12(2)22-10-6-9-18-17(21)14-11-19(3)15-8-5-4-7-13(15)16(14)20/h4-5,7-8,11-12H,6,9-10H2,1-3H3,(H,18,21). The molecule has 1 N–H and O–H groups in total. The van der Waals surface area contributed by atoms with Crippen LogP contribution in [0.2, 0.25) is 0 Å². The summed E-state index contributed by atoms with van der Waals surface area (Å²) in [5.41, 5.74) is 0.755. The number of para-hydroxylation sites is 1. The van der Waals surface area contributed by atoms with Crippen molar-refractivity contribution < 1.29 is 9.53 Å². The zero-order valence-corrected chi connectivity index (χ0v) is 13.3. The van der Waals surface area contributed by atoms with Gasteiger partial charge in [0.1, 0.15) is 5.56 Å². The Morgan fingerprint density at radius 1 is 1.32 bits per heavy atom. The van der Waals surface area contributed by atoms with Crippen LogP contribution in [0, 0.1) is 0 Å². The highest BCUT2D eigenvalue weighted by atomic mass is 16.5. The van der Waals surface area contributed by atoms with Crippen molar-refractivity contribution in [2.75, 3.05) is 13.2 Å². The first-order chi connectivity index (χ1) is 10.5. The molecule has 1 heterocycles. The third-order valence-electron chi connectivity index (χ3n) is 3.40. The molecular formula is C17H22N2O3. The number of aryl methyl sites for hydroxylation is 1. The highest BCUT2D eigenvalue weighted by molar-refractivity contribution is 5.97. The minimum absolute atomic E-state index is 0.172. The molecule has 5 nitrogen and oxygen atoms in total. The molecule has 0 spiro atoms. The molecule has 0 saturated carbocycles. The van der Waals surface area contributed by atoms with Gasteiger partial charge >= 0.3 is 0 Å². The zero-order valence-electron chi connectivity index (χ0n) is 13.3. The molecule has 1 aromatic carbocycles. The van der Waals surface area contributed by atoms with Crippen molar-refractivity contribution in [1.82, 2.24) is 9.88 Å². The van der Waals surface area contributed by atoms with Crippen LogP contribution in [0.4, 0.5) is 0 Å². The van der Waals surface area contributed by atoms with Crippen molar-refractivity contribution in [2.24, 2.45) is 7.05 Å². The number of hydrogen-bond donors (Lipinski definition) is 1. The number of fused-ring (bicyclic) bond motifs is 1. The Balaban J connectivity index is 2.09. The lowest BCUT2D eigenvalue weighted by Gasteiger charge is -2.10. The van der Waals surface area contributed by atoms with Crippen LogP contribution in [0.25, 0.3) is 10.9 Å². The Labute approximate surface area is 129 Å². The van der Waals surface area contributed by atoms with Gasteiger partial charge in [0.05, 0.1) is 11.6 Å². The monoisotopic (exact) mass is 302 g/mol. The predicted octanol–water partition coefficient (Wildman–Crippen LogP) is 2.08. The van der Waals surface area contributed by atoms with Crippen LogP contribution in [-0.2, 0) is 11.8 Å². The fraction of sp³-hybridized carbons (Fsp3) is 0.412. The van der Waals surface area contributed by atoms with E-state index in [1.807, 2.05) is 33.0 Å². The number of pyridine rings is 1. The highest BCUT2D eigenvalue weighted by Gasteiger charge is 2.13. The van der Waals surface area contributed by atoms with Gasteiger partial charge in [-0.15, -0.1) is 0 Å². The van der Waals surface area contributed by atoms with Crippen LogP contribution >= 0.6 is 0 Å². The fourth-order valence-corrected chi connectivity index (χ4v) is 2.29. The van der Waals surface area contributed by atoms with Gasteiger partial charge in [-0.2, -0.15) is 0 Å². The summed E-state index contributed by atoms with van der Waals surface area (Å²) in [6.45, 7) is 5.02. The number of hydrogen-bond acceptors (Lipinski definition) is 3. The Hall–Kier alpha value is -2.14. The van der Waals surface area contributed by atoms with Gasteiger partial charge in [0.15, 0.2) is 0 Å². The van der Waals surface area contributed by atoms with Gasteiger partial charge in [0.2, 0.25) is 5.43 Å². The molecule has 5 heteroatoms. The van der Waals surface area contributed by atoms with E-state index in [1.54, 1.807) is 22.9 Å². The highest BCUT2D eigenvalue weighted by Crippen LogP contribution is 2.10. The predicted molar refractivity (Wildman–Crippen MR) is 87.2 cm³/mol. The summed E-state index contributed by atoms with van der Waals surface area (Å²) in [5.74, 6) is -0.337. The van der Waals surface area contributed by atoms with Gasteiger partial charge in [-0.1, -0.05) is 12.1 Å². The van der Waals surface area contributed by atoms with E-state index in [0.29, 0.717) is 18.5 Å². The topological polar surface area (TPSA) is 60.3 Å². The number of amides is 1. The van der Waals surface area contributed by atoms with Gasteiger partial charge in [0, 0.05) is 31.8 Å².